The number of nitrogens with one attached hydrogen (secondary N) is 2. The van der Waals surface area contributed by atoms with Crippen LogP contribution in [0.15, 0.2) is 53.6 Å². The molecule has 0 radical (unpaired) electrons. The Labute approximate surface area is 165 Å². The molecule has 2 aromatic rings. The summed E-state index contributed by atoms with van der Waals surface area (Å²) >= 11 is 5.92. The summed E-state index contributed by atoms with van der Waals surface area (Å²) in [5.41, 5.74) is 1.22. The molecule has 3 rings (SSSR count). The second-order valence-corrected chi connectivity index (χ2v) is 6.74. The lowest BCUT2D eigenvalue weighted by atomic mass is 10.0. The van der Waals surface area contributed by atoms with Gasteiger partial charge in [-0.2, -0.15) is 18.3 Å². The molecule has 1 aliphatic heterocycles. The molecule has 1 amide bonds. The van der Waals surface area contributed by atoms with Crippen LogP contribution in [0.2, 0.25) is 5.02 Å². The van der Waals surface area contributed by atoms with Crippen molar-refractivity contribution in [2.75, 3.05) is 25.5 Å². The first-order valence-electron chi connectivity index (χ1n) is 8.50. The molecule has 148 valence electrons. The van der Waals surface area contributed by atoms with Gasteiger partial charge < -0.3 is 10.6 Å². The molecule has 0 spiro atoms. The molecule has 0 saturated heterocycles. The smallest absolute Gasteiger partial charge is 0.324 e. The molecule has 1 aliphatic rings. The van der Waals surface area contributed by atoms with Crippen molar-refractivity contribution in [3.05, 3.63) is 64.7 Å². The zero-order chi connectivity index (χ0) is 20.3. The third kappa shape index (κ3) is 4.82. The van der Waals surface area contributed by atoms with Crippen LogP contribution in [-0.2, 0) is 11.0 Å². The number of carbonyl (C=O) groups excluding carboxylic acids is 1. The number of alkyl halides is 3. The average Bonchev–Trinajstić information content (AvgIpc) is 3.04. The van der Waals surface area contributed by atoms with Crippen LogP contribution < -0.4 is 10.6 Å². The fourth-order valence-electron chi connectivity index (χ4n) is 2.88. The molecule has 2 aromatic carbocycles. The lowest BCUT2D eigenvalue weighted by Gasteiger charge is -2.15. The van der Waals surface area contributed by atoms with E-state index in [2.05, 4.69) is 15.7 Å². The van der Waals surface area contributed by atoms with Gasteiger partial charge in [0.15, 0.2) is 0 Å². The Morgan fingerprint density at radius 3 is 2.39 bits per heavy atom. The Morgan fingerprint density at radius 2 is 1.82 bits per heavy atom. The molecule has 9 heteroatoms. The molecule has 0 bridgehead atoms. The summed E-state index contributed by atoms with van der Waals surface area (Å²) in [7, 11) is 1.81. The van der Waals surface area contributed by atoms with E-state index in [-0.39, 0.29) is 18.5 Å². The summed E-state index contributed by atoms with van der Waals surface area (Å²) in [6, 6.07) is 11.5. The summed E-state index contributed by atoms with van der Waals surface area (Å²) in [4.78, 5) is 12.3. The molecular formula is C19H18ClF3N4O. The van der Waals surface area contributed by atoms with Gasteiger partial charge in [-0.3, -0.25) is 9.80 Å². The van der Waals surface area contributed by atoms with Crippen molar-refractivity contribution in [1.82, 2.24) is 10.3 Å². The Bertz CT molecular complexity index is 866. The topological polar surface area (TPSA) is 56.7 Å². The minimum absolute atomic E-state index is 0.0176. The molecule has 1 unspecified atom stereocenters. The molecule has 0 saturated carbocycles. The number of nitrogens with zero attached hydrogens (tertiary/aromatic N) is 2. The zero-order valence-corrected chi connectivity index (χ0v) is 15.7. The molecule has 1 atom stereocenters. The van der Waals surface area contributed by atoms with Gasteiger partial charge in [0.05, 0.1) is 23.9 Å². The predicted octanol–water partition coefficient (Wildman–Crippen LogP) is 3.61. The summed E-state index contributed by atoms with van der Waals surface area (Å²) < 4.78 is 37.8. The van der Waals surface area contributed by atoms with E-state index < -0.39 is 11.7 Å². The van der Waals surface area contributed by atoms with Crippen LogP contribution in [-0.4, -0.2) is 42.8 Å². The van der Waals surface area contributed by atoms with E-state index in [0.29, 0.717) is 17.3 Å². The van der Waals surface area contributed by atoms with E-state index >= 15 is 0 Å². The van der Waals surface area contributed by atoms with E-state index in [1.807, 2.05) is 19.2 Å². The van der Waals surface area contributed by atoms with Gasteiger partial charge >= 0.3 is 6.18 Å². The monoisotopic (exact) mass is 410 g/mol. The summed E-state index contributed by atoms with van der Waals surface area (Å²) in [5, 5.41) is 12.5. The van der Waals surface area contributed by atoms with E-state index in [1.165, 1.54) is 12.1 Å². The maximum Gasteiger partial charge on any atom is 0.416 e. The zero-order valence-electron chi connectivity index (χ0n) is 14.9. The van der Waals surface area contributed by atoms with Crippen molar-refractivity contribution in [3.8, 4) is 0 Å². The number of likely N-dealkylation sites (N-methyl/N-ethyl adjacent to an activating group) is 1. The van der Waals surface area contributed by atoms with Gasteiger partial charge in [0.2, 0.25) is 5.91 Å². The average molecular weight is 411 g/mol. The largest absolute Gasteiger partial charge is 0.416 e. The third-order valence-corrected chi connectivity index (χ3v) is 4.54. The van der Waals surface area contributed by atoms with Crippen molar-refractivity contribution in [2.24, 2.45) is 5.10 Å². The molecule has 1 heterocycles. The Hall–Kier alpha value is -2.58. The van der Waals surface area contributed by atoms with Crippen LogP contribution in [0.1, 0.15) is 11.1 Å². The van der Waals surface area contributed by atoms with Crippen LogP contribution in [0.5, 0.6) is 0 Å². The molecule has 0 aliphatic carbocycles. The highest BCUT2D eigenvalue weighted by molar-refractivity contribution is 6.30. The second kappa shape index (κ2) is 8.20. The van der Waals surface area contributed by atoms with E-state index in [4.69, 9.17) is 11.6 Å². The fraction of sp³-hybridized carbons (Fsp3) is 0.263. The SMILES string of the molecule is CNC1CN(CC(=O)Nc2ccc(C(F)(F)F)cc2)N=C1c1ccc(Cl)cc1. The lowest BCUT2D eigenvalue weighted by Crippen LogP contribution is -2.38. The Balaban J connectivity index is 1.64. The number of halogens is 4. The van der Waals surface area contributed by atoms with E-state index in [9.17, 15) is 18.0 Å². The number of anilines is 1. The molecular weight excluding hydrogens is 393 g/mol. The molecule has 0 fully saturated rings. The maximum atomic E-state index is 12.6. The molecule has 28 heavy (non-hydrogen) atoms. The van der Waals surface area contributed by atoms with Gasteiger partial charge in [0.1, 0.15) is 6.54 Å². The highest BCUT2D eigenvalue weighted by Gasteiger charge is 2.30. The van der Waals surface area contributed by atoms with Crippen LogP contribution in [0.4, 0.5) is 18.9 Å². The maximum absolute atomic E-state index is 12.6. The highest BCUT2D eigenvalue weighted by atomic mass is 35.5. The summed E-state index contributed by atoms with van der Waals surface area (Å²) in [6.07, 6.45) is -4.41. The van der Waals surface area contributed by atoms with Crippen LogP contribution in [0, 0.1) is 0 Å². The van der Waals surface area contributed by atoms with Gasteiger partial charge in [0, 0.05) is 10.7 Å². The number of carbonyl (C=O) groups is 1. The summed E-state index contributed by atoms with van der Waals surface area (Å²) in [5.74, 6) is -0.365. The van der Waals surface area contributed by atoms with Crippen LogP contribution >= 0.6 is 11.6 Å². The number of rotatable bonds is 5. The van der Waals surface area contributed by atoms with Crippen molar-refractivity contribution < 1.29 is 18.0 Å². The van der Waals surface area contributed by atoms with Crippen LogP contribution in [0.3, 0.4) is 0 Å². The first kappa shape index (κ1) is 20.2. The van der Waals surface area contributed by atoms with Crippen LogP contribution in [0.25, 0.3) is 0 Å². The minimum atomic E-state index is -4.41. The normalized spacial score (nSPS) is 16.8. The fourth-order valence-corrected chi connectivity index (χ4v) is 3.00. The van der Waals surface area contributed by atoms with Gasteiger partial charge in [-0.05, 0) is 49.0 Å². The number of hydrogen-bond acceptors (Lipinski definition) is 4. The number of benzene rings is 2. The molecule has 5 nitrogen and oxygen atoms in total. The van der Waals surface area contributed by atoms with Crippen molar-refractivity contribution >= 4 is 28.9 Å². The van der Waals surface area contributed by atoms with Crippen molar-refractivity contribution in [3.63, 3.8) is 0 Å². The lowest BCUT2D eigenvalue weighted by molar-refractivity contribution is -0.137. The number of hydrogen-bond donors (Lipinski definition) is 2. The van der Waals surface area contributed by atoms with Crippen molar-refractivity contribution in [2.45, 2.75) is 12.2 Å². The molecule has 2 N–H and O–H groups in total. The van der Waals surface area contributed by atoms with Crippen molar-refractivity contribution in [1.29, 1.82) is 0 Å². The van der Waals surface area contributed by atoms with Gasteiger partial charge in [-0.1, -0.05) is 23.7 Å². The van der Waals surface area contributed by atoms with E-state index in [0.717, 1.165) is 23.4 Å². The van der Waals surface area contributed by atoms with Gasteiger partial charge in [0.25, 0.3) is 0 Å². The standard InChI is InChI=1S/C19H18ClF3N4O/c1-24-16-10-27(26-18(16)12-2-6-14(20)7-3-12)11-17(28)25-15-8-4-13(5-9-15)19(21,22)23/h2-9,16,24H,10-11H2,1H3,(H,25,28). The van der Waals surface area contributed by atoms with E-state index in [1.54, 1.807) is 17.1 Å². The quantitative estimate of drug-likeness (QED) is 0.791. The molecule has 0 aromatic heterocycles. The number of amides is 1. The minimum Gasteiger partial charge on any atom is -0.324 e. The Kier molecular flexibility index (Phi) is 5.90. The first-order chi connectivity index (χ1) is 13.3. The second-order valence-electron chi connectivity index (χ2n) is 6.30. The predicted molar refractivity (Wildman–Crippen MR) is 102 cm³/mol. The number of hydrazone groups is 1. The van der Waals surface area contributed by atoms with Gasteiger partial charge in [-0.15, -0.1) is 0 Å². The van der Waals surface area contributed by atoms with Gasteiger partial charge in [-0.25, -0.2) is 0 Å². The Morgan fingerprint density at radius 1 is 1.18 bits per heavy atom. The highest BCUT2D eigenvalue weighted by Crippen LogP contribution is 2.29. The summed E-state index contributed by atoms with van der Waals surface area (Å²) in [6.45, 7) is 0.477. The first-order valence-corrected chi connectivity index (χ1v) is 8.88. The third-order valence-electron chi connectivity index (χ3n) is 4.28.